The van der Waals surface area contributed by atoms with Gasteiger partial charge in [-0.3, -0.25) is 0 Å². The predicted octanol–water partition coefficient (Wildman–Crippen LogP) is 4.08. The Morgan fingerprint density at radius 3 is 2.31 bits per heavy atom. The van der Waals surface area contributed by atoms with E-state index in [2.05, 4.69) is 5.32 Å². The number of hydrogen-bond donors (Lipinski definition) is 4. The number of aliphatic hydroxyl groups excluding tert-OH is 2. The molecule has 3 aromatic rings. The minimum atomic E-state index is -0.842. The average molecular weight is 536 g/mol. The second kappa shape index (κ2) is 10.1. The molecular weight excluding hydrogens is 502 g/mol. The van der Waals surface area contributed by atoms with Crippen molar-refractivity contribution in [3.63, 3.8) is 0 Å². The molecule has 2 atom stereocenters. The normalized spacial score (nSPS) is 18.3. The van der Waals surface area contributed by atoms with Crippen LogP contribution in [-0.2, 0) is 19.4 Å². The fourth-order valence-corrected chi connectivity index (χ4v) is 6.17. The minimum Gasteiger partial charge on any atom is -0.502 e. The van der Waals surface area contributed by atoms with Crippen molar-refractivity contribution in [1.29, 1.82) is 0 Å². The molecule has 0 unspecified atom stereocenters. The standard InChI is InChI=1S/C30H33NO8/c1-35-21-12-22(38-8-4-7-32)18-13-31-20-11-23-28(17-6-5-16(21)26(18)27(17)20)29(33)19(14-39-23)15-9-24(36-2)30(34)25(10-15)37-3/h9-12,19,29,31-34H,4-8,13-14H2,1-3H3/t19-,29+/m1/s1. The van der Waals surface area contributed by atoms with Gasteiger partial charge in [-0.2, -0.15) is 0 Å². The second-order valence-corrected chi connectivity index (χ2v) is 10.0. The number of aromatic hydroxyl groups is 1. The number of benzene rings is 3. The minimum absolute atomic E-state index is 0.0621. The molecule has 0 aromatic heterocycles. The maximum atomic E-state index is 11.8. The molecule has 0 saturated carbocycles. The Kier molecular flexibility index (Phi) is 6.56. The molecule has 0 amide bonds. The largest absolute Gasteiger partial charge is 0.502 e. The van der Waals surface area contributed by atoms with Gasteiger partial charge in [0.25, 0.3) is 0 Å². The molecule has 0 spiro atoms. The van der Waals surface area contributed by atoms with Crippen LogP contribution >= 0.6 is 0 Å². The average Bonchev–Trinajstić information content (AvgIpc) is 2.96. The van der Waals surface area contributed by atoms with Crippen LogP contribution in [0.4, 0.5) is 5.69 Å². The number of methoxy groups -OCH3 is 3. The monoisotopic (exact) mass is 535 g/mol. The third-order valence-corrected chi connectivity index (χ3v) is 8.03. The fraction of sp³-hybridized carbons (Fsp3) is 0.400. The van der Waals surface area contributed by atoms with Crippen molar-refractivity contribution in [3.05, 3.63) is 52.1 Å². The van der Waals surface area contributed by atoms with Crippen molar-refractivity contribution < 1.29 is 39.0 Å². The van der Waals surface area contributed by atoms with Crippen molar-refractivity contribution in [2.45, 2.75) is 37.8 Å². The Bertz CT molecular complexity index is 1410. The van der Waals surface area contributed by atoms with E-state index in [1.807, 2.05) is 12.1 Å². The first-order valence-corrected chi connectivity index (χ1v) is 13.2. The molecule has 9 heteroatoms. The van der Waals surface area contributed by atoms with Gasteiger partial charge in [0.2, 0.25) is 5.75 Å². The van der Waals surface area contributed by atoms with Crippen LogP contribution in [-0.4, -0.2) is 56.5 Å². The molecule has 39 heavy (non-hydrogen) atoms. The van der Waals surface area contributed by atoms with E-state index >= 15 is 0 Å². The summed E-state index contributed by atoms with van der Waals surface area (Å²) in [6.45, 7) is 1.32. The Hall–Kier alpha value is -3.82. The highest BCUT2D eigenvalue weighted by atomic mass is 16.5. The van der Waals surface area contributed by atoms with Crippen molar-refractivity contribution in [1.82, 2.24) is 0 Å². The van der Waals surface area contributed by atoms with Gasteiger partial charge in [0.1, 0.15) is 17.2 Å². The van der Waals surface area contributed by atoms with Crippen LogP contribution in [0.5, 0.6) is 34.5 Å². The maximum absolute atomic E-state index is 11.8. The topological polar surface area (TPSA) is 119 Å². The number of phenols is 1. The van der Waals surface area contributed by atoms with Crippen LogP contribution in [0.1, 0.15) is 46.3 Å². The lowest BCUT2D eigenvalue weighted by molar-refractivity contribution is 0.0878. The van der Waals surface area contributed by atoms with Gasteiger partial charge in [0, 0.05) is 65.6 Å². The molecule has 9 nitrogen and oxygen atoms in total. The van der Waals surface area contributed by atoms with Gasteiger partial charge in [0.05, 0.1) is 40.6 Å². The first kappa shape index (κ1) is 25.5. The molecule has 1 aliphatic carbocycles. The Balaban J connectivity index is 1.48. The van der Waals surface area contributed by atoms with E-state index in [9.17, 15) is 15.3 Å². The van der Waals surface area contributed by atoms with Crippen LogP contribution < -0.4 is 29.0 Å². The van der Waals surface area contributed by atoms with Gasteiger partial charge >= 0.3 is 0 Å². The first-order valence-electron chi connectivity index (χ1n) is 13.2. The Morgan fingerprint density at radius 1 is 0.897 bits per heavy atom. The zero-order chi connectivity index (χ0) is 27.3. The molecule has 0 radical (unpaired) electrons. The highest BCUT2D eigenvalue weighted by molar-refractivity contribution is 5.93. The maximum Gasteiger partial charge on any atom is 0.200 e. The summed E-state index contributed by atoms with van der Waals surface area (Å²) in [6.07, 6.45) is 1.17. The summed E-state index contributed by atoms with van der Waals surface area (Å²) in [5.41, 5.74) is 7.86. The summed E-state index contributed by atoms with van der Waals surface area (Å²) in [4.78, 5) is 0. The molecule has 3 aromatic carbocycles. The predicted molar refractivity (Wildman–Crippen MR) is 145 cm³/mol. The van der Waals surface area contributed by atoms with Crippen LogP contribution in [0.2, 0.25) is 0 Å². The Labute approximate surface area is 226 Å². The second-order valence-electron chi connectivity index (χ2n) is 10.0. The van der Waals surface area contributed by atoms with Crippen LogP contribution in [0.15, 0.2) is 24.3 Å². The zero-order valence-corrected chi connectivity index (χ0v) is 22.3. The van der Waals surface area contributed by atoms with E-state index in [0.717, 1.165) is 69.0 Å². The van der Waals surface area contributed by atoms with Gasteiger partial charge in [0.15, 0.2) is 11.5 Å². The number of ether oxygens (including phenoxy) is 5. The molecule has 3 aliphatic rings. The summed E-state index contributed by atoms with van der Waals surface area (Å²) >= 11 is 0. The smallest absolute Gasteiger partial charge is 0.200 e. The van der Waals surface area contributed by atoms with Gasteiger partial charge in [-0.1, -0.05) is 0 Å². The van der Waals surface area contributed by atoms with E-state index in [4.69, 9.17) is 23.7 Å². The van der Waals surface area contributed by atoms with Crippen molar-refractivity contribution in [3.8, 4) is 45.6 Å². The molecule has 2 heterocycles. The lowest BCUT2D eigenvalue weighted by Gasteiger charge is -2.38. The number of rotatable bonds is 8. The van der Waals surface area contributed by atoms with Crippen molar-refractivity contribution in [2.24, 2.45) is 0 Å². The molecule has 2 aliphatic heterocycles. The van der Waals surface area contributed by atoms with Gasteiger partial charge in [-0.05, 0) is 41.7 Å². The SMILES string of the molecule is COc1cc([C@H]2COc3cc4c5c(c3[C@H]2O)CCc2c(OC)cc(OCCCO)c(c2-5)CN4)cc(OC)c1O. The van der Waals surface area contributed by atoms with Crippen LogP contribution in [0.25, 0.3) is 11.1 Å². The third kappa shape index (κ3) is 3.99. The Morgan fingerprint density at radius 2 is 1.62 bits per heavy atom. The number of anilines is 1. The lowest BCUT2D eigenvalue weighted by atomic mass is 9.74. The van der Waals surface area contributed by atoms with E-state index in [-0.39, 0.29) is 30.5 Å². The fourth-order valence-electron chi connectivity index (χ4n) is 6.17. The van der Waals surface area contributed by atoms with Crippen molar-refractivity contribution >= 4 is 5.69 Å². The summed E-state index contributed by atoms with van der Waals surface area (Å²) in [6, 6.07) is 7.37. The van der Waals surface area contributed by atoms with E-state index in [1.165, 1.54) is 14.2 Å². The van der Waals surface area contributed by atoms with Crippen molar-refractivity contribution in [2.75, 3.05) is 46.5 Å². The number of fused-ring (bicyclic) bond motifs is 2. The molecule has 0 bridgehead atoms. The highest BCUT2D eigenvalue weighted by Gasteiger charge is 2.39. The summed E-state index contributed by atoms with van der Waals surface area (Å²) in [7, 11) is 4.63. The number of hydrogen-bond acceptors (Lipinski definition) is 9. The van der Waals surface area contributed by atoms with E-state index in [0.29, 0.717) is 25.3 Å². The molecule has 0 saturated heterocycles. The van der Waals surface area contributed by atoms with Gasteiger partial charge in [-0.25, -0.2) is 0 Å². The quantitative estimate of drug-likeness (QED) is 0.317. The third-order valence-electron chi connectivity index (χ3n) is 8.03. The van der Waals surface area contributed by atoms with Gasteiger partial charge in [-0.15, -0.1) is 0 Å². The number of aliphatic hydroxyl groups is 2. The zero-order valence-electron chi connectivity index (χ0n) is 22.3. The molecular formula is C30H33NO8. The summed E-state index contributed by atoms with van der Waals surface area (Å²) in [5, 5.41) is 35.0. The summed E-state index contributed by atoms with van der Waals surface area (Å²) < 4.78 is 28.9. The number of phenolic OH excluding ortho intramolecular Hbond substituents is 1. The number of nitrogens with one attached hydrogen (secondary N) is 1. The van der Waals surface area contributed by atoms with E-state index in [1.54, 1.807) is 19.2 Å². The first-order chi connectivity index (χ1) is 19.0. The molecule has 206 valence electrons. The van der Waals surface area contributed by atoms with Gasteiger partial charge < -0.3 is 44.3 Å². The van der Waals surface area contributed by atoms with Crippen LogP contribution in [0.3, 0.4) is 0 Å². The van der Waals surface area contributed by atoms with E-state index < -0.39 is 12.0 Å². The molecule has 0 fully saturated rings. The molecule has 4 N–H and O–H groups in total. The highest BCUT2D eigenvalue weighted by Crippen LogP contribution is 2.56. The van der Waals surface area contributed by atoms with Crippen LogP contribution in [0, 0.1) is 0 Å². The molecule has 6 rings (SSSR count). The lowest BCUT2D eigenvalue weighted by Crippen LogP contribution is -2.28. The summed E-state index contributed by atoms with van der Waals surface area (Å²) in [5.74, 6) is 2.26.